The number of thiophene rings is 1. The lowest BCUT2D eigenvalue weighted by atomic mass is 10.2. The van der Waals surface area contributed by atoms with Crippen LogP contribution in [0.25, 0.3) is 6.08 Å². The van der Waals surface area contributed by atoms with Crippen LogP contribution in [0.4, 0.5) is 5.69 Å². The Morgan fingerprint density at radius 1 is 1.62 bits per heavy atom. The highest BCUT2D eigenvalue weighted by Gasteiger charge is 2.09. The van der Waals surface area contributed by atoms with E-state index in [4.69, 9.17) is 5.73 Å². The maximum atomic E-state index is 10.9. The number of aliphatic imine (C=N–C) groups is 1. The van der Waals surface area contributed by atoms with Crippen molar-refractivity contribution in [3.05, 3.63) is 21.9 Å². The van der Waals surface area contributed by atoms with Gasteiger partial charge in [0.25, 0.3) is 0 Å². The quantitative estimate of drug-likeness (QED) is 0.723. The summed E-state index contributed by atoms with van der Waals surface area (Å²) in [7, 11) is 0. The third-order valence-corrected chi connectivity index (χ3v) is 2.69. The van der Waals surface area contributed by atoms with Gasteiger partial charge in [-0.15, -0.1) is 11.3 Å². The van der Waals surface area contributed by atoms with E-state index >= 15 is 0 Å². The Labute approximate surface area is 79.6 Å². The Bertz CT molecular complexity index is 404. The maximum absolute atomic E-state index is 10.9. The van der Waals surface area contributed by atoms with Gasteiger partial charge in [-0.25, -0.2) is 0 Å². The molecule has 2 heterocycles. The van der Waals surface area contributed by atoms with Crippen LogP contribution in [0.5, 0.6) is 0 Å². The fourth-order valence-corrected chi connectivity index (χ4v) is 1.96. The molecule has 0 saturated carbocycles. The van der Waals surface area contributed by atoms with Crippen LogP contribution in [0.1, 0.15) is 11.3 Å². The molecule has 1 aliphatic rings. The highest BCUT2D eigenvalue weighted by atomic mass is 32.1. The lowest BCUT2D eigenvalue weighted by molar-refractivity contribution is -0.114. The van der Waals surface area contributed by atoms with Crippen molar-refractivity contribution in [2.45, 2.75) is 6.42 Å². The molecule has 2 rings (SSSR count). The molecule has 0 spiro atoms. The number of hydrogen-bond acceptors (Lipinski definition) is 3. The fourth-order valence-electron chi connectivity index (χ4n) is 1.16. The second-order valence-electron chi connectivity index (χ2n) is 2.72. The van der Waals surface area contributed by atoms with Gasteiger partial charge in [-0.2, -0.15) is 0 Å². The van der Waals surface area contributed by atoms with Crippen LogP contribution in [0, 0.1) is 0 Å². The van der Waals surface area contributed by atoms with Crippen LogP contribution in [-0.2, 0) is 4.79 Å². The predicted octanol–water partition coefficient (Wildman–Crippen LogP) is 1.72. The van der Waals surface area contributed by atoms with Gasteiger partial charge >= 0.3 is 0 Å². The van der Waals surface area contributed by atoms with E-state index in [0.717, 1.165) is 10.6 Å². The largest absolute Gasteiger partial charge is 0.366 e. The summed E-state index contributed by atoms with van der Waals surface area (Å²) in [5.41, 5.74) is 6.73. The van der Waals surface area contributed by atoms with Gasteiger partial charge in [0.1, 0.15) is 0 Å². The molecule has 0 radical (unpaired) electrons. The summed E-state index contributed by atoms with van der Waals surface area (Å²) in [5.74, 6) is -0.368. The van der Waals surface area contributed by atoms with Crippen LogP contribution in [0.2, 0.25) is 0 Å². The molecule has 13 heavy (non-hydrogen) atoms. The second kappa shape index (κ2) is 3.14. The van der Waals surface area contributed by atoms with Crippen molar-refractivity contribution >= 4 is 35.2 Å². The van der Waals surface area contributed by atoms with E-state index in [9.17, 15) is 4.79 Å². The first-order valence-electron chi connectivity index (χ1n) is 3.88. The highest BCUT2D eigenvalue weighted by molar-refractivity contribution is 7.11. The summed E-state index contributed by atoms with van der Waals surface area (Å²) in [6.07, 6.45) is 4.06. The summed E-state index contributed by atoms with van der Waals surface area (Å²) < 4.78 is 0. The van der Waals surface area contributed by atoms with E-state index in [1.165, 1.54) is 0 Å². The Balaban J connectivity index is 2.48. The first-order chi connectivity index (χ1) is 6.27. The zero-order valence-electron chi connectivity index (χ0n) is 6.86. The van der Waals surface area contributed by atoms with Crippen LogP contribution in [0.15, 0.2) is 22.0 Å². The number of carbonyl (C=O) groups excluding carboxylic acids is 1. The van der Waals surface area contributed by atoms with Crippen LogP contribution in [0.3, 0.4) is 0 Å². The van der Waals surface area contributed by atoms with Crippen molar-refractivity contribution < 1.29 is 4.79 Å². The first kappa shape index (κ1) is 8.19. The molecular weight excluding hydrogens is 184 g/mol. The number of fused-ring (bicyclic) bond motifs is 1. The lowest BCUT2D eigenvalue weighted by Crippen LogP contribution is -2.13. The molecule has 0 fully saturated rings. The van der Waals surface area contributed by atoms with Gasteiger partial charge in [-0.05, 0) is 17.5 Å². The van der Waals surface area contributed by atoms with Crippen LogP contribution >= 0.6 is 11.3 Å². The summed E-state index contributed by atoms with van der Waals surface area (Å²) >= 11 is 1.56. The summed E-state index contributed by atoms with van der Waals surface area (Å²) in [5, 5.41) is 1.95. The number of primary amides is 1. The minimum atomic E-state index is -0.368. The van der Waals surface area contributed by atoms with Crippen LogP contribution in [-0.4, -0.2) is 12.1 Å². The Morgan fingerprint density at radius 2 is 2.46 bits per heavy atom. The monoisotopic (exact) mass is 192 g/mol. The lowest BCUT2D eigenvalue weighted by Gasteiger charge is -1.94. The molecule has 1 amide bonds. The van der Waals surface area contributed by atoms with E-state index in [2.05, 4.69) is 4.99 Å². The van der Waals surface area contributed by atoms with E-state index in [1.807, 2.05) is 17.5 Å². The standard InChI is InChI=1S/C9H8N2OS/c10-9(12)6-1-3-11-7-2-4-13-8(7)5-6/h2-5H,1H2,(H2,10,12). The average Bonchev–Trinajstić information content (AvgIpc) is 2.42. The summed E-state index contributed by atoms with van der Waals surface area (Å²) in [6, 6.07) is 1.93. The predicted molar refractivity (Wildman–Crippen MR) is 54.3 cm³/mol. The first-order valence-corrected chi connectivity index (χ1v) is 4.76. The molecule has 66 valence electrons. The third kappa shape index (κ3) is 1.53. The molecule has 4 heteroatoms. The highest BCUT2D eigenvalue weighted by Crippen LogP contribution is 2.29. The second-order valence-corrected chi connectivity index (χ2v) is 3.67. The molecule has 3 nitrogen and oxygen atoms in total. The maximum Gasteiger partial charge on any atom is 0.245 e. The molecule has 2 N–H and O–H groups in total. The molecule has 0 atom stereocenters. The Kier molecular flexibility index (Phi) is 1.98. The van der Waals surface area contributed by atoms with Gasteiger partial charge in [-0.3, -0.25) is 9.79 Å². The molecule has 1 aromatic heterocycles. The topological polar surface area (TPSA) is 55.5 Å². The number of nitrogens with zero attached hydrogens (tertiary/aromatic N) is 1. The molecule has 0 aromatic carbocycles. The average molecular weight is 192 g/mol. The molecule has 0 aliphatic carbocycles. The molecule has 0 bridgehead atoms. The van der Waals surface area contributed by atoms with Crippen LogP contribution < -0.4 is 5.73 Å². The molecule has 0 saturated heterocycles. The minimum absolute atomic E-state index is 0.368. The smallest absolute Gasteiger partial charge is 0.245 e. The summed E-state index contributed by atoms with van der Waals surface area (Å²) in [4.78, 5) is 16.1. The Morgan fingerprint density at radius 3 is 3.23 bits per heavy atom. The van der Waals surface area contributed by atoms with Crippen molar-refractivity contribution in [2.75, 3.05) is 0 Å². The van der Waals surface area contributed by atoms with Gasteiger partial charge in [0.2, 0.25) is 5.91 Å². The normalized spacial score (nSPS) is 14.6. The van der Waals surface area contributed by atoms with Crippen molar-refractivity contribution in [3.8, 4) is 0 Å². The molecule has 1 aromatic rings. The minimum Gasteiger partial charge on any atom is -0.366 e. The zero-order valence-corrected chi connectivity index (χ0v) is 7.67. The van der Waals surface area contributed by atoms with Crippen molar-refractivity contribution in [2.24, 2.45) is 10.7 Å². The SMILES string of the molecule is NC(=O)C1=Cc2sccc2N=CC1. The molecular formula is C9H8N2OS. The van der Waals surface area contributed by atoms with Gasteiger partial charge in [0, 0.05) is 18.2 Å². The third-order valence-electron chi connectivity index (χ3n) is 1.84. The number of amides is 1. The van der Waals surface area contributed by atoms with Crippen molar-refractivity contribution in [1.82, 2.24) is 0 Å². The Hall–Kier alpha value is -1.42. The van der Waals surface area contributed by atoms with E-state index in [-0.39, 0.29) is 5.91 Å². The number of nitrogens with two attached hydrogens (primary N) is 1. The van der Waals surface area contributed by atoms with E-state index < -0.39 is 0 Å². The fraction of sp³-hybridized carbons (Fsp3) is 0.111. The van der Waals surface area contributed by atoms with Gasteiger partial charge in [-0.1, -0.05) is 0 Å². The van der Waals surface area contributed by atoms with E-state index in [1.54, 1.807) is 17.6 Å². The number of rotatable bonds is 1. The number of hydrogen-bond donors (Lipinski definition) is 1. The number of carbonyl (C=O) groups is 1. The van der Waals surface area contributed by atoms with Crippen molar-refractivity contribution in [3.63, 3.8) is 0 Å². The van der Waals surface area contributed by atoms with Gasteiger partial charge < -0.3 is 5.73 Å². The van der Waals surface area contributed by atoms with Crippen molar-refractivity contribution in [1.29, 1.82) is 0 Å². The molecule has 1 aliphatic heterocycles. The zero-order chi connectivity index (χ0) is 9.26. The molecule has 0 unspecified atom stereocenters. The van der Waals surface area contributed by atoms with E-state index in [0.29, 0.717) is 12.0 Å². The van der Waals surface area contributed by atoms with Gasteiger partial charge in [0.15, 0.2) is 0 Å². The van der Waals surface area contributed by atoms with Gasteiger partial charge in [0.05, 0.1) is 10.6 Å². The summed E-state index contributed by atoms with van der Waals surface area (Å²) in [6.45, 7) is 0.